The van der Waals surface area contributed by atoms with Crippen molar-refractivity contribution in [2.24, 2.45) is 0 Å². The maximum atomic E-state index is 9.77. The van der Waals surface area contributed by atoms with Gasteiger partial charge in [0.2, 0.25) is 0 Å². The van der Waals surface area contributed by atoms with Crippen LogP contribution in [0, 0.1) is 0 Å². The Morgan fingerprint density at radius 1 is 1.29 bits per heavy atom. The summed E-state index contributed by atoms with van der Waals surface area (Å²) in [5, 5.41) is 9.77. The Labute approximate surface area is 84.9 Å². The summed E-state index contributed by atoms with van der Waals surface area (Å²) in [6.07, 6.45) is -0.434. The SMILES string of the molecule is COc1ccc([C@H](O)CN(C)C)cc1. The molecule has 0 radical (unpaired) electrons. The molecule has 1 aromatic rings. The number of aliphatic hydroxyl groups is 1. The minimum atomic E-state index is -0.434. The molecule has 0 heterocycles. The first-order valence-electron chi connectivity index (χ1n) is 4.60. The van der Waals surface area contributed by atoms with Crippen LogP contribution in [0.15, 0.2) is 24.3 Å². The van der Waals surface area contributed by atoms with Crippen LogP contribution in [0.4, 0.5) is 0 Å². The molecule has 0 amide bonds. The Bertz CT molecular complexity index is 269. The third-order valence-electron chi connectivity index (χ3n) is 2.04. The van der Waals surface area contributed by atoms with Crippen LogP contribution >= 0.6 is 0 Å². The lowest BCUT2D eigenvalue weighted by molar-refractivity contribution is 0.138. The molecule has 1 atom stereocenters. The molecule has 0 spiro atoms. The summed E-state index contributed by atoms with van der Waals surface area (Å²) in [6, 6.07) is 7.47. The van der Waals surface area contributed by atoms with Crippen molar-refractivity contribution in [3.63, 3.8) is 0 Å². The van der Waals surface area contributed by atoms with E-state index < -0.39 is 6.10 Å². The number of hydrogen-bond acceptors (Lipinski definition) is 3. The van der Waals surface area contributed by atoms with E-state index >= 15 is 0 Å². The number of ether oxygens (including phenoxy) is 1. The highest BCUT2D eigenvalue weighted by molar-refractivity contribution is 5.28. The molecule has 1 N–H and O–H groups in total. The molecule has 14 heavy (non-hydrogen) atoms. The van der Waals surface area contributed by atoms with E-state index in [1.54, 1.807) is 7.11 Å². The molecule has 78 valence electrons. The molecule has 0 saturated carbocycles. The molecule has 0 aliphatic carbocycles. The van der Waals surface area contributed by atoms with Crippen molar-refractivity contribution in [2.75, 3.05) is 27.7 Å². The minimum Gasteiger partial charge on any atom is -0.497 e. The molecule has 0 aromatic heterocycles. The van der Waals surface area contributed by atoms with Gasteiger partial charge in [0.1, 0.15) is 5.75 Å². The Morgan fingerprint density at radius 3 is 2.29 bits per heavy atom. The summed E-state index contributed by atoms with van der Waals surface area (Å²) in [5.41, 5.74) is 0.916. The van der Waals surface area contributed by atoms with Crippen molar-refractivity contribution in [2.45, 2.75) is 6.10 Å². The molecule has 3 heteroatoms. The average molecular weight is 195 g/mol. The fourth-order valence-electron chi connectivity index (χ4n) is 1.28. The number of benzene rings is 1. The van der Waals surface area contributed by atoms with Crippen molar-refractivity contribution in [3.8, 4) is 5.75 Å². The van der Waals surface area contributed by atoms with E-state index in [9.17, 15) is 5.11 Å². The Balaban J connectivity index is 2.66. The van der Waals surface area contributed by atoms with E-state index in [1.807, 2.05) is 43.3 Å². The summed E-state index contributed by atoms with van der Waals surface area (Å²) in [6.45, 7) is 0.631. The van der Waals surface area contributed by atoms with E-state index in [2.05, 4.69) is 0 Å². The van der Waals surface area contributed by atoms with Gasteiger partial charge in [-0.25, -0.2) is 0 Å². The number of hydrogen-bond donors (Lipinski definition) is 1. The van der Waals surface area contributed by atoms with Gasteiger partial charge in [-0.1, -0.05) is 12.1 Å². The van der Waals surface area contributed by atoms with E-state index in [0.717, 1.165) is 11.3 Å². The summed E-state index contributed by atoms with van der Waals surface area (Å²) in [4.78, 5) is 1.95. The van der Waals surface area contributed by atoms with Gasteiger partial charge in [-0.3, -0.25) is 0 Å². The molecule has 0 bridgehead atoms. The molecule has 1 rings (SSSR count). The Kier molecular flexibility index (Phi) is 3.92. The second-order valence-electron chi connectivity index (χ2n) is 3.55. The first-order valence-corrected chi connectivity index (χ1v) is 4.60. The molecule has 0 unspecified atom stereocenters. The van der Waals surface area contributed by atoms with Crippen molar-refractivity contribution in [1.82, 2.24) is 4.90 Å². The van der Waals surface area contributed by atoms with Gasteiger partial charge in [-0.15, -0.1) is 0 Å². The lowest BCUT2D eigenvalue weighted by atomic mass is 10.1. The quantitative estimate of drug-likeness (QED) is 0.785. The molecular weight excluding hydrogens is 178 g/mol. The van der Waals surface area contributed by atoms with Gasteiger partial charge in [0.15, 0.2) is 0 Å². The van der Waals surface area contributed by atoms with Gasteiger partial charge < -0.3 is 14.7 Å². The van der Waals surface area contributed by atoms with Crippen LogP contribution in [-0.2, 0) is 0 Å². The zero-order chi connectivity index (χ0) is 10.6. The summed E-state index contributed by atoms with van der Waals surface area (Å²) < 4.78 is 5.04. The maximum absolute atomic E-state index is 9.77. The van der Waals surface area contributed by atoms with Crippen LogP contribution in [-0.4, -0.2) is 37.8 Å². The highest BCUT2D eigenvalue weighted by atomic mass is 16.5. The van der Waals surface area contributed by atoms with Gasteiger partial charge in [-0.2, -0.15) is 0 Å². The van der Waals surface area contributed by atoms with Gasteiger partial charge in [-0.05, 0) is 31.8 Å². The maximum Gasteiger partial charge on any atom is 0.118 e. The molecule has 1 aromatic carbocycles. The zero-order valence-corrected chi connectivity index (χ0v) is 8.90. The Hall–Kier alpha value is -1.06. The van der Waals surface area contributed by atoms with Crippen LogP contribution in [0.25, 0.3) is 0 Å². The largest absolute Gasteiger partial charge is 0.497 e. The fourth-order valence-corrected chi connectivity index (χ4v) is 1.28. The van der Waals surface area contributed by atoms with Gasteiger partial charge in [0.05, 0.1) is 13.2 Å². The van der Waals surface area contributed by atoms with Crippen molar-refractivity contribution >= 4 is 0 Å². The van der Waals surface area contributed by atoms with Crippen LogP contribution in [0.5, 0.6) is 5.75 Å². The second-order valence-corrected chi connectivity index (χ2v) is 3.55. The monoisotopic (exact) mass is 195 g/mol. The third-order valence-corrected chi connectivity index (χ3v) is 2.04. The van der Waals surface area contributed by atoms with E-state index in [0.29, 0.717) is 6.54 Å². The average Bonchev–Trinajstić information content (AvgIpc) is 2.17. The first kappa shape index (κ1) is 11.0. The van der Waals surface area contributed by atoms with Crippen LogP contribution in [0.1, 0.15) is 11.7 Å². The van der Waals surface area contributed by atoms with Crippen molar-refractivity contribution in [3.05, 3.63) is 29.8 Å². The number of methoxy groups -OCH3 is 1. The summed E-state index contributed by atoms with van der Waals surface area (Å²) >= 11 is 0. The predicted octanol–water partition coefficient (Wildman–Crippen LogP) is 1.29. The predicted molar refractivity (Wildman–Crippen MR) is 56.5 cm³/mol. The Morgan fingerprint density at radius 2 is 1.86 bits per heavy atom. The molecule has 3 nitrogen and oxygen atoms in total. The molecule has 0 aliphatic heterocycles. The van der Waals surface area contributed by atoms with E-state index in [4.69, 9.17) is 4.74 Å². The van der Waals surface area contributed by atoms with Crippen molar-refractivity contribution in [1.29, 1.82) is 0 Å². The minimum absolute atomic E-state index is 0.434. The normalized spacial score (nSPS) is 12.9. The highest BCUT2D eigenvalue weighted by Gasteiger charge is 2.07. The summed E-state index contributed by atoms with van der Waals surface area (Å²) in [7, 11) is 5.50. The second kappa shape index (κ2) is 4.98. The molecule has 0 aliphatic rings. The van der Waals surface area contributed by atoms with E-state index in [1.165, 1.54) is 0 Å². The fraction of sp³-hybridized carbons (Fsp3) is 0.455. The zero-order valence-electron chi connectivity index (χ0n) is 8.90. The molecule has 0 fully saturated rings. The number of nitrogens with zero attached hydrogens (tertiary/aromatic N) is 1. The summed E-state index contributed by atoms with van der Waals surface area (Å²) in [5.74, 6) is 0.811. The van der Waals surface area contributed by atoms with Crippen LogP contribution in [0.2, 0.25) is 0 Å². The smallest absolute Gasteiger partial charge is 0.118 e. The van der Waals surface area contributed by atoms with Gasteiger partial charge in [0, 0.05) is 6.54 Å². The molecular formula is C11H17NO2. The lowest BCUT2D eigenvalue weighted by Gasteiger charge is -2.16. The standard InChI is InChI=1S/C11H17NO2/c1-12(2)8-11(13)9-4-6-10(14-3)7-5-9/h4-7,11,13H,8H2,1-3H3/t11-/m1/s1. The number of likely N-dealkylation sites (N-methyl/N-ethyl adjacent to an activating group) is 1. The van der Waals surface area contributed by atoms with Gasteiger partial charge >= 0.3 is 0 Å². The van der Waals surface area contributed by atoms with E-state index in [-0.39, 0.29) is 0 Å². The number of rotatable bonds is 4. The number of aliphatic hydroxyl groups excluding tert-OH is 1. The van der Waals surface area contributed by atoms with Crippen molar-refractivity contribution < 1.29 is 9.84 Å². The lowest BCUT2D eigenvalue weighted by Crippen LogP contribution is -2.19. The topological polar surface area (TPSA) is 32.7 Å². The first-order chi connectivity index (χ1) is 6.63. The highest BCUT2D eigenvalue weighted by Crippen LogP contribution is 2.17. The van der Waals surface area contributed by atoms with Crippen LogP contribution in [0.3, 0.4) is 0 Å². The van der Waals surface area contributed by atoms with Crippen LogP contribution < -0.4 is 4.74 Å². The third kappa shape index (κ3) is 3.01. The molecule has 0 saturated heterocycles. The van der Waals surface area contributed by atoms with Gasteiger partial charge in [0.25, 0.3) is 0 Å².